The van der Waals surface area contributed by atoms with Crippen molar-refractivity contribution in [3.05, 3.63) is 27.9 Å². The number of aromatic nitrogens is 1. The van der Waals surface area contributed by atoms with E-state index in [1.165, 1.54) is 24.0 Å². The molecule has 0 fully saturated rings. The van der Waals surface area contributed by atoms with Gasteiger partial charge in [-0.25, -0.2) is 4.98 Å². The van der Waals surface area contributed by atoms with E-state index in [2.05, 4.69) is 4.98 Å². The molecule has 0 aliphatic carbocycles. The molecule has 0 saturated heterocycles. The van der Waals surface area contributed by atoms with Gasteiger partial charge in [0, 0.05) is 17.7 Å². The number of alkyl halides is 1. The van der Waals surface area contributed by atoms with Crippen LogP contribution in [-0.4, -0.2) is 21.5 Å². The third kappa shape index (κ3) is 2.85. The lowest BCUT2D eigenvalue weighted by Gasteiger charge is -2.01. The zero-order chi connectivity index (χ0) is 10.6. The smallest absolute Gasteiger partial charge is 0.258 e. The molecule has 4 nitrogen and oxygen atoms in total. The van der Waals surface area contributed by atoms with Gasteiger partial charge in [0.15, 0.2) is 0 Å². The summed E-state index contributed by atoms with van der Waals surface area (Å²) in [6, 6.07) is 1.52. The Morgan fingerprint density at radius 1 is 1.71 bits per heavy atom. The van der Waals surface area contributed by atoms with Gasteiger partial charge >= 0.3 is 0 Å². The van der Waals surface area contributed by atoms with Crippen LogP contribution in [0.4, 0.5) is 5.69 Å². The van der Waals surface area contributed by atoms with E-state index in [0.717, 1.165) is 16.3 Å². The molecular weight excluding hydrogens is 224 g/mol. The average molecular weight is 233 g/mol. The van der Waals surface area contributed by atoms with Crippen molar-refractivity contribution in [3.8, 4) is 0 Å². The Kier molecular flexibility index (Phi) is 4.16. The van der Waals surface area contributed by atoms with Crippen molar-refractivity contribution in [2.45, 2.75) is 11.9 Å². The molecule has 0 bridgehead atoms. The maximum absolute atomic E-state index is 10.4. The highest BCUT2D eigenvalue weighted by Crippen LogP contribution is 2.22. The number of thioether (sulfide) groups is 1. The van der Waals surface area contributed by atoms with Gasteiger partial charge in [-0.05, 0) is 12.5 Å². The second-order valence-electron chi connectivity index (χ2n) is 2.61. The van der Waals surface area contributed by atoms with Crippen molar-refractivity contribution in [3.63, 3.8) is 0 Å². The molecule has 0 aromatic carbocycles. The summed E-state index contributed by atoms with van der Waals surface area (Å²) in [6.45, 7) is 1.80. The fourth-order valence-corrected chi connectivity index (χ4v) is 1.85. The fraction of sp³-hybridized carbons (Fsp3) is 0.375. The number of aryl methyl sites for hydroxylation is 1. The van der Waals surface area contributed by atoms with Crippen molar-refractivity contribution in [1.82, 2.24) is 4.98 Å². The molecule has 0 unspecified atom stereocenters. The summed E-state index contributed by atoms with van der Waals surface area (Å²) < 4.78 is 0. The van der Waals surface area contributed by atoms with E-state index in [1.54, 1.807) is 6.92 Å². The number of nitro groups is 1. The molecule has 6 heteroatoms. The molecule has 0 aliphatic heterocycles. The Morgan fingerprint density at radius 3 is 2.93 bits per heavy atom. The van der Waals surface area contributed by atoms with Crippen molar-refractivity contribution in [2.24, 2.45) is 0 Å². The van der Waals surface area contributed by atoms with Crippen LogP contribution in [0.2, 0.25) is 0 Å². The first-order valence-electron chi connectivity index (χ1n) is 3.95. The van der Waals surface area contributed by atoms with E-state index < -0.39 is 4.92 Å². The van der Waals surface area contributed by atoms with Gasteiger partial charge in [-0.15, -0.1) is 23.4 Å². The van der Waals surface area contributed by atoms with E-state index in [9.17, 15) is 10.1 Å². The molecule has 14 heavy (non-hydrogen) atoms. The molecule has 0 N–H and O–H groups in total. The standard InChI is InChI=1S/C8H9ClN2O2S/c1-6-4-7(11(12)13)5-10-8(6)14-3-2-9/h4-5H,2-3H2,1H3. The highest BCUT2D eigenvalue weighted by molar-refractivity contribution is 7.99. The van der Waals surface area contributed by atoms with Crippen LogP contribution in [0.3, 0.4) is 0 Å². The predicted octanol–water partition coefficient (Wildman–Crippen LogP) is 2.63. The largest absolute Gasteiger partial charge is 0.287 e. The zero-order valence-electron chi connectivity index (χ0n) is 7.57. The lowest BCUT2D eigenvalue weighted by Crippen LogP contribution is -1.93. The van der Waals surface area contributed by atoms with Gasteiger partial charge in [-0.3, -0.25) is 10.1 Å². The molecule has 1 aromatic rings. The SMILES string of the molecule is Cc1cc([N+](=O)[O-])cnc1SCCCl. The van der Waals surface area contributed by atoms with Crippen LogP contribution >= 0.6 is 23.4 Å². The van der Waals surface area contributed by atoms with E-state index in [-0.39, 0.29) is 5.69 Å². The monoisotopic (exact) mass is 232 g/mol. The van der Waals surface area contributed by atoms with Crippen molar-refractivity contribution in [2.75, 3.05) is 11.6 Å². The topological polar surface area (TPSA) is 56.0 Å². The van der Waals surface area contributed by atoms with E-state index in [4.69, 9.17) is 11.6 Å². The summed E-state index contributed by atoms with van der Waals surface area (Å²) in [4.78, 5) is 14.0. The molecular formula is C8H9ClN2O2S. The first-order valence-corrected chi connectivity index (χ1v) is 5.47. The number of hydrogen-bond acceptors (Lipinski definition) is 4. The number of rotatable bonds is 4. The molecule has 1 heterocycles. The summed E-state index contributed by atoms with van der Waals surface area (Å²) in [5.74, 6) is 1.30. The molecule has 0 saturated carbocycles. The Balaban J connectivity index is 2.84. The van der Waals surface area contributed by atoms with Crippen molar-refractivity contribution in [1.29, 1.82) is 0 Å². The normalized spacial score (nSPS) is 10.1. The van der Waals surface area contributed by atoms with Crippen LogP contribution in [-0.2, 0) is 0 Å². The van der Waals surface area contributed by atoms with Gasteiger partial charge in [-0.2, -0.15) is 0 Å². The van der Waals surface area contributed by atoms with E-state index >= 15 is 0 Å². The molecule has 0 radical (unpaired) electrons. The number of pyridine rings is 1. The summed E-state index contributed by atoms with van der Waals surface area (Å²) in [6.07, 6.45) is 1.27. The molecule has 0 atom stereocenters. The molecule has 76 valence electrons. The van der Waals surface area contributed by atoms with E-state index in [1.807, 2.05) is 0 Å². The molecule has 0 amide bonds. The number of nitrogens with zero attached hydrogens (tertiary/aromatic N) is 2. The van der Waals surface area contributed by atoms with Gasteiger partial charge < -0.3 is 0 Å². The minimum atomic E-state index is -0.448. The maximum Gasteiger partial charge on any atom is 0.287 e. The number of hydrogen-bond donors (Lipinski definition) is 0. The summed E-state index contributed by atoms with van der Waals surface area (Å²) in [5, 5.41) is 11.2. The van der Waals surface area contributed by atoms with Crippen LogP contribution in [0.15, 0.2) is 17.3 Å². The van der Waals surface area contributed by atoms with Crippen molar-refractivity contribution >= 4 is 29.1 Å². The Hall–Kier alpha value is -0.810. The molecule has 1 aromatic heterocycles. The maximum atomic E-state index is 10.4. The van der Waals surface area contributed by atoms with Gasteiger partial charge in [0.25, 0.3) is 5.69 Å². The second kappa shape index (κ2) is 5.17. The minimum Gasteiger partial charge on any atom is -0.258 e. The van der Waals surface area contributed by atoms with Gasteiger partial charge in [0.1, 0.15) is 6.20 Å². The highest BCUT2D eigenvalue weighted by Gasteiger charge is 2.09. The highest BCUT2D eigenvalue weighted by atomic mass is 35.5. The van der Waals surface area contributed by atoms with E-state index in [0.29, 0.717) is 5.88 Å². The fourth-order valence-electron chi connectivity index (χ4n) is 0.934. The van der Waals surface area contributed by atoms with Crippen LogP contribution in [0.25, 0.3) is 0 Å². The summed E-state index contributed by atoms with van der Waals surface area (Å²) >= 11 is 7.03. The Labute approximate surface area is 90.8 Å². The predicted molar refractivity (Wildman–Crippen MR) is 57.1 cm³/mol. The van der Waals surface area contributed by atoms with Crippen molar-refractivity contribution < 1.29 is 4.92 Å². The third-order valence-corrected chi connectivity index (χ3v) is 3.06. The molecule has 1 rings (SSSR count). The van der Waals surface area contributed by atoms with Gasteiger partial charge in [-0.1, -0.05) is 0 Å². The summed E-state index contributed by atoms with van der Waals surface area (Å²) in [5.41, 5.74) is 0.840. The quantitative estimate of drug-likeness (QED) is 0.347. The molecule has 0 spiro atoms. The minimum absolute atomic E-state index is 0.0257. The van der Waals surface area contributed by atoms with Gasteiger partial charge in [0.2, 0.25) is 0 Å². The number of halogens is 1. The Bertz CT molecular complexity index is 346. The Morgan fingerprint density at radius 2 is 2.43 bits per heavy atom. The first kappa shape index (κ1) is 11.3. The first-order chi connectivity index (χ1) is 6.65. The summed E-state index contributed by atoms with van der Waals surface area (Å²) in [7, 11) is 0. The van der Waals surface area contributed by atoms with Crippen LogP contribution in [0.5, 0.6) is 0 Å². The lowest BCUT2D eigenvalue weighted by molar-refractivity contribution is -0.385. The van der Waals surface area contributed by atoms with Crippen LogP contribution < -0.4 is 0 Å². The second-order valence-corrected chi connectivity index (χ2v) is 4.07. The molecule has 0 aliphatic rings. The van der Waals surface area contributed by atoms with Crippen LogP contribution in [0.1, 0.15) is 5.56 Å². The van der Waals surface area contributed by atoms with Gasteiger partial charge in [0.05, 0.1) is 9.95 Å². The average Bonchev–Trinajstić information content (AvgIpc) is 2.15. The lowest BCUT2D eigenvalue weighted by atomic mass is 10.3. The zero-order valence-corrected chi connectivity index (χ0v) is 9.14. The third-order valence-electron chi connectivity index (χ3n) is 1.54. The van der Waals surface area contributed by atoms with Crippen LogP contribution in [0, 0.1) is 17.0 Å².